The number of nitrogens with zero attached hydrogens (tertiary/aromatic N) is 1. The molecule has 0 fully saturated rings. The largest absolute Gasteiger partial charge is 0.415 e. The Kier molecular flexibility index (Phi) is 10.7. The molecule has 0 saturated carbocycles. The lowest BCUT2D eigenvalue weighted by Gasteiger charge is -2.42. The summed E-state index contributed by atoms with van der Waals surface area (Å²) in [5.41, 5.74) is 7.15. The monoisotopic (exact) mass is 631 g/mol. The van der Waals surface area contributed by atoms with Gasteiger partial charge in [0.15, 0.2) is 8.32 Å². The summed E-state index contributed by atoms with van der Waals surface area (Å²) in [6.07, 6.45) is 5.95. The lowest BCUT2D eigenvalue weighted by Crippen LogP contribution is -2.48. The van der Waals surface area contributed by atoms with Gasteiger partial charge in [-0.2, -0.15) is 0 Å². The zero-order valence-electron chi connectivity index (χ0n) is 24.1. The molecule has 39 heavy (non-hydrogen) atoms. The summed E-state index contributed by atoms with van der Waals surface area (Å²) in [5, 5.41) is 10.9. The number of halogens is 1. The van der Waals surface area contributed by atoms with Crippen molar-refractivity contribution >= 4 is 45.2 Å². The van der Waals surface area contributed by atoms with Crippen LogP contribution in [0, 0.1) is 12.8 Å². The molecule has 3 rings (SSSR count). The van der Waals surface area contributed by atoms with Crippen molar-refractivity contribution in [2.75, 3.05) is 13.2 Å². The zero-order valence-corrected chi connectivity index (χ0v) is 27.5. The molecular formula is C31H42BrNO4SSi. The van der Waals surface area contributed by atoms with Gasteiger partial charge < -0.3 is 9.53 Å². The highest BCUT2D eigenvalue weighted by Gasteiger charge is 2.45. The van der Waals surface area contributed by atoms with Crippen LogP contribution in [0.2, 0.25) is 16.6 Å². The first-order chi connectivity index (χ1) is 18.4. The minimum Gasteiger partial charge on any atom is -0.415 e. The number of aryl methyl sites for hydroxylation is 1. The van der Waals surface area contributed by atoms with Crippen LogP contribution in [0.3, 0.4) is 0 Å². The maximum atomic E-state index is 13.5. The SMILES string of the molecule is Cc1ccc(S(=O)(=O)n2cc(CC=C=C[C@H](CO)CO[Si](C(C)C)(C(C)C)C(C)C)c3c(Br)cccc32)cc1. The van der Waals surface area contributed by atoms with E-state index in [-0.39, 0.29) is 17.4 Å². The maximum absolute atomic E-state index is 13.5. The molecule has 1 aromatic heterocycles. The maximum Gasteiger partial charge on any atom is 0.268 e. The second kappa shape index (κ2) is 13.2. The van der Waals surface area contributed by atoms with E-state index in [0.29, 0.717) is 35.2 Å². The third-order valence-electron chi connectivity index (χ3n) is 7.66. The summed E-state index contributed by atoms with van der Waals surface area (Å²) in [6.45, 7) is 15.9. The molecule has 0 saturated heterocycles. The summed E-state index contributed by atoms with van der Waals surface area (Å²) in [6, 6.07) is 12.5. The second-order valence-electron chi connectivity index (χ2n) is 11.2. The van der Waals surface area contributed by atoms with Gasteiger partial charge >= 0.3 is 0 Å². The van der Waals surface area contributed by atoms with Crippen molar-refractivity contribution < 1.29 is 18.0 Å². The van der Waals surface area contributed by atoms with E-state index in [1.54, 1.807) is 30.5 Å². The first-order valence-electron chi connectivity index (χ1n) is 13.6. The Bertz CT molecular complexity index is 1410. The van der Waals surface area contributed by atoms with E-state index in [1.165, 1.54) is 3.97 Å². The summed E-state index contributed by atoms with van der Waals surface area (Å²) in [4.78, 5) is 0.251. The van der Waals surface area contributed by atoms with Crippen molar-refractivity contribution in [2.24, 2.45) is 5.92 Å². The Hall–Kier alpha value is -1.93. The number of aliphatic hydroxyl groups is 1. The summed E-state index contributed by atoms with van der Waals surface area (Å²) in [5.74, 6) is -0.153. The molecule has 1 heterocycles. The summed E-state index contributed by atoms with van der Waals surface area (Å²) >= 11 is 3.61. The van der Waals surface area contributed by atoms with Crippen molar-refractivity contribution in [2.45, 2.75) is 76.4 Å². The van der Waals surface area contributed by atoms with Crippen LogP contribution in [0.1, 0.15) is 52.7 Å². The van der Waals surface area contributed by atoms with Crippen LogP contribution in [0.5, 0.6) is 0 Å². The van der Waals surface area contributed by atoms with E-state index in [2.05, 4.69) is 63.2 Å². The molecule has 0 unspecified atom stereocenters. The van der Waals surface area contributed by atoms with E-state index < -0.39 is 18.3 Å². The van der Waals surface area contributed by atoms with Crippen molar-refractivity contribution in [3.63, 3.8) is 0 Å². The van der Waals surface area contributed by atoms with E-state index in [4.69, 9.17) is 4.43 Å². The summed E-state index contributed by atoms with van der Waals surface area (Å²) < 4.78 is 35.9. The molecule has 8 heteroatoms. The minimum absolute atomic E-state index is 0.0146. The van der Waals surface area contributed by atoms with Crippen LogP contribution in [-0.2, 0) is 20.9 Å². The molecule has 0 aliphatic carbocycles. The third kappa shape index (κ3) is 6.70. The smallest absolute Gasteiger partial charge is 0.268 e. The Balaban J connectivity index is 1.88. The Morgan fingerprint density at radius 1 is 1.03 bits per heavy atom. The molecule has 0 bridgehead atoms. The lowest BCUT2D eigenvalue weighted by atomic mass is 10.1. The predicted molar refractivity (Wildman–Crippen MR) is 167 cm³/mol. The molecule has 2 aromatic carbocycles. The molecule has 3 aromatic rings. The Labute approximate surface area is 243 Å². The molecule has 1 atom stereocenters. The van der Waals surface area contributed by atoms with Gasteiger partial charge in [0.05, 0.1) is 17.0 Å². The van der Waals surface area contributed by atoms with Gasteiger partial charge in [-0.05, 0) is 65.5 Å². The first kappa shape index (κ1) is 31.6. The van der Waals surface area contributed by atoms with Crippen LogP contribution >= 0.6 is 15.9 Å². The van der Waals surface area contributed by atoms with Crippen LogP contribution in [0.15, 0.2) is 75.9 Å². The van der Waals surface area contributed by atoms with Gasteiger partial charge in [-0.15, -0.1) is 5.73 Å². The average molecular weight is 633 g/mol. The van der Waals surface area contributed by atoms with Crippen molar-refractivity contribution in [3.8, 4) is 0 Å². The number of hydrogen-bond acceptors (Lipinski definition) is 4. The molecule has 0 aliphatic rings. The highest BCUT2D eigenvalue weighted by Crippen LogP contribution is 2.42. The topological polar surface area (TPSA) is 68.5 Å². The molecule has 0 amide bonds. The van der Waals surface area contributed by atoms with Gasteiger partial charge in [0, 0.05) is 35.0 Å². The van der Waals surface area contributed by atoms with Crippen molar-refractivity contribution in [1.29, 1.82) is 0 Å². The molecule has 5 nitrogen and oxygen atoms in total. The quantitative estimate of drug-likeness (QED) is 0.162. The van der Waals surface area contributed by atoms with E-state index in [9.17, 15) is 13.5 Å². The fourth-order valence-corrected chi connectivity index (χ4v) is 13.2. The van der Waals surface area contributed by atoms with Gasteiger partial charge in [0.2, 0.25) is 0 Å². The summed E-state index contributed by atoms with van der Waals surface area (Å²) in [7, 11) is -5.79. The molecule has 212 valence electrons. The third-order valence-corrected chi connectivity index (χ3v) is 16.1. The second-order valence-corrected chi connectivity index (χ2v) is 19.3. The Morgan fingerprint density at radius 3 is 2.21 bits per heavy atom. The molecule has 0 aliphatic heterocycles. The van der Waals surface area contributed by atoms with Crippen LogP contribution in [-0.4, -0.2) is 39.0 Å². The highest BCUT2D eigenvalue weighted by atomic mass is 79.9. The number of aliphatic hydroxyl groups excluding tert-OH is 1. The van der Waals surface area contributed by atoms with Crippen molar-refractivity contribution in [1.82, 2.24) is 3.97 Å². The predicted octanol–water partition coefficient (Wildman–Crippen LogP) is 8.00. The van der Waals surface area contributed by atoms with Gasteiger partial charge in [0.25, 0.3) is 10.0 Å². The van der Waals surface area contributed by atoms with Gasteiger partial charge in [-0.1, -0.05) is 81.2 Å². The van der Waals surface area contributed by atoms with Gasteiger partial charge in [-0.3, -0.25) is 0 Å². The first-order valence-corrected chi connectivity index (χ1v) is 18.0. The van der Waals surface area contributed by atoms with E-state index in [0.717, 1.165) is 21.0 Å². The van der Waals surface area contributed by atoms with E-state index in [1.807, 2.05) is 37.3 Å². The van der Waals surface area contributed by atoms with Gasteiger partial charge in [0.1, 0.15) is 0 Å². The number of hydrogen-bond donors (Lipinski definition) is 1. The highest BCUT2D eigenvalue weighted by molar-refractivity contribution is 9.10. The minimum atomic E-state index is -3.76. The zero-order chi connectivity index (χ0) is 29.0. The standard InChI is InChI=1S/C31H42BrNO4SSi/c1-22(2)39(23(3)4,24(5)6)37-21-26(20-34)11-8-9-12-27-19-33(30-14-10-13-29(32)31(27)30)38(35,36)28-17-15-25(7)16-18-28/h9-11,13-19,22-24,26,34H,12,20-21H2,1-7H3/t8?,26-/m1/s1. The lowest BCUT2D eigenvalue weighted by molar-refractivity contribution is 0.177. The molecular weight excluding hydrogens is 590 g/mol. The van der Waals surface area contributed by atoms with Crippen LogP contribution in [0.25, 0.3) is 10.9 Å². The number of aromatic nitrogens is 1. The number of benzene rings is 2. The average Bonchev–Trinajstić information content (AvgIpc) is 3.26. The molecule has 0 radical (unpaired) electrons. The fraction of sp³-hybridized carbons (Fsp3) is 0.452. The number of fused-ring (bicyclic) bond motifs is 1. The van der Waals surface area contributed by atoms with E-state index >= 15 is 0 Å². The molecule has 1 N–H and O–H groups in total. The number of rotatable bonds is 12. The Morgan fingerprint density at radius 2 is 1.64 bits per heavy atom. The van der Waals surface area contributed by atoms with Gasteiger partial charge in [-0.25, -0.2) is 12.4 Å². The van der Waals surface area contributed by atoms with Crippen LogP contribution in [0.4, 0.5) is 0 Å². The fourth-order valence-electron chi connectivity index (χ4n) is 5.75. The normalized spacial score (nSPS) is 13.3. The van der Waals surface area contributed by atoms with Crippen molar-refractivity contribution in [3.05, 3.63) is 82.1 Å². The van der Waals surface area contributed by atoms with Crippen LogP contribution < -0.4 is 0 Å². The molecule has 0 spiro atoms.